The fraction of sp³-hybridized carbons (Fsp3) is 0.471. The first-order valence-corrected chi connectivity index (χ1v) is 8.09. The number of carbonyl (C=O) groups excluding carboxylic acids is 3. The van der Waals surface area contributed by atoms with E-state index in [1.807, 2.05) is 13.8 Å². The van der Waals surface area contributed by atoms with Crippen molar-refractivity contribution in [3.63, 3.8) is 0 Å². The molecule has 2 aliphatic heterocycles. The molecule has 2 heterocycles. The number of imide groups is 1. The lowest BCUT2D eigenvalue weighted by Gasteiger charge is -2.37. The minimum absolute atomic E-state index is 0.0781. The summed E-state index contributed by atoms with van der Waals surface area (Å²) in [5.41, 5.74) is -0.273. The second kappa shape index (κ2) is 6.14. The highest BCUT2D eigenvalue weighted by molar-refractivity contribution is 6.07. The minimum Gasteiger partial charge on any atom is -0.491 e. The lowest BCUT2D eigenvalue weighted by molar-refractivity contribution is -0.125. The molecule has 0 atom stereocenters. The molecule has 7 heteroatoms. The first-order chi connectivity index (χ1) is 11.4. The van der Waals surface area contributed by atoms with Crippen molar-refractivity contribution in [3.05, 3.63) is 29.8 Å². The largest absolute Gasteiger partial charge is 0.491 e. The van der Waals surface area contributed by atoms with Crippen LogP contribution < -0.4 is 15.4 Å². The Morgan fingerprint density at radius 3 is 2.29 bits per heavy atom. The van der Waals surface area contributed by atoms with Crippen LogP contribution in [0.1, 0.15) is 37.0 Å². The number of carbonyl (C=O) groups is 3. The monoisotopic (exact) mass is 331 g/mol. The van der Waals surface area contributed by atoms with E-state index in [0.717, 1.165) is 5.75 Å². The molecule has 0 bridgehead atoms. The molecule has 128 valence electrons. The molecule has 0 aromatic heterocycles. The van der Waals surface area contributed by atoms with Crippen LogP contribution in [0.2, 0.25) is 0 Å². The highest BCUT2D eigenvalue weighted by Crippen LogP contribution is 2.26. The van der Waals surface area contributed by atoms with Gasteiger partial charge in [0.2, 0.25) is 0 Å². The van der Waals surface area contributed by atoms with Crippen molar-refractivity contribution < 1.29 is 19.1 Å². The van der Waals surface area contributed by atoms with Crippen molar-refractivity contribution in [1.29, 1.82) is 0 Å². The Labute approximate surface area is 140 Å². The average Bonchev–Trinajstić information content (AvgIpc) is 2.81. The molecule has 2 saturated heterocycles. The lowest BCUT2D eigenvalue weighted by atomic mass is 9.87. The molecule has 0 radical (unpaired) electrons. The van der Waals surface area contributed by atoms with Gasteiger partial charge in [0.05, 0.1) is 6.10 Å². The number of nitrogens with zero attached hydrogens (tertiary/aromatic N) is 1. The fourth-order valence-electron chi connectivity index (χ4n) is 3.10. The molecule has 3 rings (SSSR count). The van der Waals surface area contributed by atoms with E-state index in [9.17, 15) is 14.4 Å². The van der Waals surface area contributed by atoms with Gasteiger partial charge in [0.1, 0.15) is 11.3 Å². The molecule has 4 amide bonds. The van der Waals surface area contributed by atoms with Crippen LogP contribution in [0.15, 0.2) is 24.3 Å². The molecule has 1 aromatic carbocycles. The summed E-state index contributed by atoms with van der Waals surface area (Å²) >= 11 is 0. The Bertz CT molecular complexity index is 661. The van der Waals surface area contributed by atoms with Gasteiger partial charge in [-0.1, -0.05) is 0 Å². The number of piperidine rings is 1. The second-order valence-electron chi connectivity index (χ2n) is 6.47. The van der Waals surface area contributed by atoms with E-state index in [-0.39, 0.29) is 17.9 Å². The van der Waals surface area contributed by atoms with Gasteiger partial charge in [0, 0.05) is 18.7 Å². The summed E-state index contributed by atoms with van der Waals surface area (Å²) in [6, 6.07) is 6.59. The molecular formula is C17H21N3O4. The molecule has 0 aliphatic carbocycles. The molecule has 7 nitrogen and oxygen atoms in total. The van der Waals surface area contributed by atoms with Crippen molar-refractivity contribution >= 4 is 17.8 Å². The predicted molar refractivity (Wildman–Crippen MR) is 86.7 cm³/mol. The number of rotatable bonds is 3. The third-order valence-corrected chi connectivity index (χ3v) is 4.39. The van der Waals surface area contributed by atoms with Crippen LogP contribution in [0.3, 0.4) is 0 Å². The zero-order valence-electron chi connectivity index (χ0n) is 13.8. The summed E-state index contributed by atoms with van der Waals surface area (Å²) in [7, 11) is 0. The van der Waals surface area contributed by atoms with E-state index >= 15 is 0 Å². The smallest absolute Gasteiger partial charge is 0.322 e. The van der Waals surface area contributed by atoms with E-state index in [2.05, 4.69) is 10.6 Å². The fourth-order valence-corrected chi connectivity index (χ4v) is 3.10. The van der Waals surface area contributed by atoms with Gasteiger partial charge in [-0.05, 0) is 51.0 Å². The van der Waals surface area contributed by atoms with E-state index in [1.54, 1.807) is 29.2 Å². The number of amides is 4. The maximum Gasteiger partial charge on any atom is 0.322 e. The average molecular weight is 331 g/mol. The molecular weight excluding hydrogens is 310 g/mol. The van der Waals surface area contributed by atoms with Gasteiger partial charge in [-0.25, -0.2) is 4.79 Å². The number of likely N-dealkylation sites (tertiary alicyclic amines) is 1. The molecule has 0 saturated carbocycles. The normalized spacial score (nSPS) is 19.4. The third kappa shape index (κ3) is 3.06. The Balaban J connectivity index is 1.63. The lowest BCUT2D eigenvalue weighted by Crippen LogP contribution is -2.55. The number of ether oxygens (including phenoxy) is 1. The van der Waals surface area contributed by atoms with Crippen molar-refractivity contribution in [1.82, 2.24) is 15.5 Å². The maximum absolute atomic E-state index is 12.6. The van der Waals surface area contributed by atoms with E-state index in [4.69, 9.17) is 4.74 Å². The first-order valence-electron chi connectivity index (χ1n) is 8.09. The number of hydrogen-bond acceptors (Lipinski definition) is 4. The highest BCUT2D eigenvalue weighted by Gasteiger charge is 2.48. The van der Waals surface area contributed by atoms with Crippen LogP contribution in [0.5, 0.6) is 5.75 Å². The van der Waals surface area contributed by atoms with Gasteiger partial charge in [0.15, 0.2) is 0 Å². The molecule has 1 aromatic rings. The summed E-state index contributed by atoms with van der Waals surface area (Å²) in [4.78, 5) is 37.5. The van der Waals surface area contributed by atoms with Crippen LogP contribution in [-0.2, 0) is 4.79 Å². The standard InChI is InChI=1S/C17H21N3O4/c1-11(2)24-13-5-3-12(4-6-13)14(21)20-9-7-17(8-10-20)15(22)18-16(23)19-17/h3-6,11H,7-10H2,1-2H3,(H2,18,19,22,23). The highest BCUT2D eigenvalue weighted by atomic mass is 16.5. The Hall–Kier alpha value is -2.57. The van der Waals surface area contributed by atoms with E-state index in [0.29, 0.717) is 31.5 Å². The molecule has 2 fully saturated rings. The summed E-state index contributed by atoms with van der Waals surface area (Å²) < 4.78 is 5.57. The molecule has 2 N–H and O–H groups in total. The Morgan fingerprint density at radius 2 is 1.79 bits per heavy atom. The van der Waals surface area contributed by atoms with Gasteiger partial charge in [0.25, 0.3) is 11.8 Å². The van der Waals surface area contributed by atoms with Crippen molar-refractivity contribution in [3.8, 4) is 5.75 Å². The van der Waals surface area contributed by atoms with E-state index in [1.165, 1.54) is 0 Å². The maximum atomic E-state index is 12.6. The Kier molecular flexibility index (Phi) is 4.17. The van der Waals surface area contributed by atoms with Crippen LogP contribution in [-0.4, -0.2) is 47.5 Å². The van der Waals surface area contributed by atoms with Gasteiger partial charge in [-0.3, -0.25) is 14.9 Å². The third-order valence-electron chi connectivity index (χ3n) is 4.39. The van der Waals surface area contributed by atoms with Crippen molar-refractivity contribution in [2.24, 2.45) is 0 Å². The molecule has 2 aliphatic rings. The van der Waals surface area contributed by atoms with Gasteiger partial charge in [-0.2, -0.15) is 0 Å². The minimum atomic E-state index is -0.858. The second-order valence-corrected chi connectivity index (χ2v) is 6.47. The summed E-state index contributed by atoms with van der Waals surface area (Å²) in [5, 5.41) is 4.96. The molecule has 1 spiro atoms. The zero-order valence-corrected chi connectivity index (χ0v) is 13.8. The topological polar surface area (TPSA) is 87.7 Å². The number of hydrogen-bond donors (Lipinski definition) is 2. The predicted octanol–water partition coefficient (Wildman–Crippen LogP) is 1.29. The first kappa shape index (κ1) is 16.3. The van der Waals surface area contributed by atoms with E-state index < -0.39 is 11.6 Å². The van der Waals surface area contributed by atoms with Gasteiger partial charge in [-0.15, -0.1) is 0 Å². The zero-order chi connectivity index (χ0) is 17.3. The van der Waals surface area contributed by atoms with Crippen molar-refractivity contribution in [2.75, 3.05) is 13.1 Å². The van der Waals surface area contributed by atoms with Crippen LogP contribution in [0.4, 0.5) is 4.79 Å². The Morgan fingerprint density at radius 1 is 1.17 bits per heavy atom. The molecule has 0 unspecified atom stereocenters. The SMILES string of the molecule is CC(C)Oc1ccc(C(=O)N2CCC3(CC2)NC(=O)NC3=O)cc1. The van der Waals surface area contributed by atoms with Gasteiger partial charge < -0.3 is 15.0 Å². The molecule has 24 heavy (non-hydrogen) atoms. The summed E-state index contributed by atoms with van der Waals surface area (Å²) in [6.45, 7) is 4.74. The number of benzene rings is 1. The van der Waals surface area contributed by atoms with Crippen LogP contribution in [0, 0.1) is 0 Å². The quantitative estimate of drug-likeness (QED) is 0.817. The number of urea groups is 1. The summed E-state index contributed by atoms with van der Waals surface area (Å²) in [5.74, 6) is 0.352. The summed E-state index contributed by atoms with van der Waals surface area (Å²) in [6.07, 6.45) is 0.924. The van der Waals surface area contributed by atoms with Crippen LogP contribution in [0.25, 0.3) is 0 Å². The number of nitrogens with one attached hydrogen (secondary N) is 2. The van der Waals surface area contributed by atoms with Crippen LogP contribution >= 0.6 is 0 Å². The van der Waals surface area contributed by atoms with Crippen molar-refractivity contribution in [2.45, 2.75) is 38.3 Å². The van der Waals surface area contributed by atoms with Gasteiger partial charge >= 0.3 is 6.03 Å².